The van der Waals surface area contributed by atoms with Gasteiger partial charge < -0.3 is 9.64 Å². The van der Waals surface area contributed by atoms with Gasteiger partial charge in [-0.05, 0) is 66.8 Å². The Bertz CT molecular complexity index is 667. The van der Waals surface area contributed by atoms with E-state index in [0.717, 1.165) is 18.6 Å². The number of hydrogen-bond acceptors (Lipinski definition) is 2. The van der Waals surface area contributed by atoms with Crippen LogP contribution in [-0.2, 0) is 6.42 Å². The highest BCUT2D eigenvalue weighted by atomic mass is 19.1. The fraction of sp³-hybridized carbons (Fsp3) is 0.333. The Morgan fingerprint density at radius 3 is 2.67 bits per heavy atom. The second kappa shape index (κ2) is 4.76. The van der Waals surface area contributed by atoms with Crippen molar-refractivity contribution in [2.45, 2.75) is 31.3 Å². The zero-order valence-electron chi connectivity index (χ0n) is 12.1. The first-order valence-electron chi connectivity index (χ1n) is 7.47. The van der Waals surface area contributed by atoms with Crippen LogP contribution in [0, 0.1) is 5.82 Å². The topological polar surface area (TPSA) is 12.5 Å². The van der Waals surface area contributed by atoms with E-state index in [1.54, 1.807) is 19.2 Å². The maximum atomic E-state index is 13.6. The zero-order chi connectivity index (χ0) is 14.4. The normalized spacial score (nSPS) is 23.0. The van der Waals surface area contributed by atoms with E-state index < -0.39 is 0 Å². The number of hydrogen-bond donors (Lipinski definition) is 0. The van der Waals surface area contributed by atoms with Gasteiger partial charge in [-0.25, -0.2) is 4.39 Å². The van der Waals surface area contributed by atoms with Crippen molar-refractivity contribution in [2.24, 2.45) is 0 Å². The highest BCUT2D eigenvalue weighted by Gasteiger charge is 2.39. The molecule has 0 radical (unpaired) electrons. The number of anilines is 1. The SMILES string of the molecule is COc1ccc(N2C3CCC2c2cc(F)ccc2C3)cc1. The van der Waals surface area contributed by atoms with Crippen molar-refractivity contribution >= 4 is 5.69 Å². The standard InChI is InChI=1S/C18H18FNO/c1-21-16-7-4-14(5-8-16)20-15-6-9-18(20)17-11-13(19)3-2-12(17)10-15/h2-5,7-8,11,15,18H,6,9-10H2,1H3. The summed E-state index contributed by atoms with van der Waals surface area (Å²) in [5.41, 5.74) is 3.69. The summed E-state index contributed by atoms with van der Waals surface area (Å²) in [6.45, 7) is 0. The molecular weight excluding hydrogens is 265 g/mol. The lowest BCUT2D eigenvalue weighted by molar-refractivity contribution is 0.414. The van der Waals surface area contributed by atoms with E-state index >= 15 is 0 Å². The van der Waals surface area contributed by atoms with E-state index in [0.29, 0.717) is 12.1 Å². The molecule has 1 saturated heterocycles. The molecule has 4 rings (SSSR count). The predicted octanol–water partition coefficient (Wildman–Crippen LogP) is 4.10. The lowest BCUT2D eigenvalue weighted by Gasteiger charge is -2.38. The van der Waals surface area contributed by atoms with Crippen molar-refractivity contribution in [1.29, 1.82) is 0 Å². The van der Waals surface area contributed by atoms with E-state index in [1.165, 1.54) is 23.2 Å². The first kappa shape index (κ1) is 12.7. The zero-order valence-corrected chi connectivity index (χ0v) is 12.1. The molecule has 2 aromatic rings. The van der Waals surface area contributed by atoms with E-state index in [1.807, 2.05) is 18.2 Å². The number of halogens is 1. The highest BCUT2D eigenvalue weighted by molar-refractivity contribution is 5.56. The van der Waals surface area contributed by atoms with Crippen LogP contribution >= 0.6 is 0 Å². The Morgan fingerprint density at radius 2 is 1.90 bits per heavy atom. The highest BCUT2D eigenvalue weighted by Crippen LogP contribution is 2.46. The van der Waals surface area contributed by atoms with Crippen LogP contribution in [-0.4, -0.2) is 13.2 Å². The predicted molar refractivity (Wildman–Crippen MR) is 81.3 cm³/mol. The summed E-state index contributed by atoms with van der Waals surface area (Å²) < 4.78 is 18.8. The Morgan fingerprint density at radius 1 is 1.10 bits per heavy atom. The maximum Gasteiger partial charge on any atom is 0.123 e. The molecule has 2 heterocycles. The van der Waals surface area contributed by atoms with Gasteiger partial charge in [0.05, 0.1) is 13.2 Å². The molecular formula is C18H18FNO. The third-order valence-electron chi connectivity index (χ3n) is 4.80. The molecule has 2 bridgehead atoms. The molecule has 0 aliphatic carbocycles. The van der Waals surface area contributed by atoms with Gasteiger partial charge in [0.1, 0.15) is 11.6 Å². The average Bonchev–Trinajstić information content (AvgIpc) is 2.84. The summed E-state index contributed by atoms with van der Waals surface area (Å²) in [5, 5.41) is 0. The van der Waals surface area contributed by atoms with Crippen LogP contribution in [0.1, 0.15) is 30.0 Å². The molecule has 0 spiro atoms. The fourth-order valence-corrected chi connectivity index (χ4v) is 3.85. The van der Waals surface area contributed by atoms with Gasteiger partial charge in [-0.2, -0.15) is 0 Å². The average molecular weight is 283 g/mol. The van der Waals surface area contributed by atoms with Gasteiger partial charge >= 0.3 is 0 Å². The minimum atomic E-state index is -0.131. The first-order chi connectivity index (χ1) is 10.3. The molecule has 108 valence electrons. The van der Waals surface area contributed by atoms with Crippen molar-refractivity contribution in [3.63, 3.8) is 0 Å². The molecule has 0 N–H and O–H groups in total. The van der Waals surface area contributed by atoms with Crippen LogP contribution in [0.3, 0.4) is 0 Å². The fourth-order valence-electron chi connectivity index (χ4n) is 3.85. The van der Waals surface area contributed by atoms with Crippen LogP contribution in [0.4, 0.5) is 10.1 Å². The Labute approximate surface area is 124 Å². The van der Waals surface area contributed by atoms with Gasteiger partial charge in [0, 0.05) is 11.7 Å². The van der Waals surface area contributed by atoms with Gasteiger partial charge in [-0.3, -0.25) is 0 Å². The molecule has 2 aliphatic rings. The molecule has 2 aromatic carbocycles. The summed E-state index contributed by atoms with van der Waals surface area (Å²) in [4.78, 5) is 2.46. The molecule has 2 atom stereocenters. The first-order valence-corrected chi connectivity index (χ1v) is 7.47. The molecule has 21 heavy (non-hydrogen) atoms. The van der Waals surface area contributed by atoms with Crippen molar-refractivity contribution in [3.8, 4) is 5.75 Å². The largest absolute Gasteiger partial charge is 0.497 e. The quantitative estimate of drug-likeness (QED) is 0.822. The number of fused-ring (bicyclic) bond motifs is 4. The Hall–Kier alpha value is -2.03. The summed E-state index contributed by atoms with van der Waals surface area (Å²) >= 11 is 0. The van der Waals surface area contributed by atoms with Gasteiger partial charge in [0.25, 0.3) is 0 Å². The van der Waals surface area contributed by atoms with Crippen LogP contribution in [0.2, 0.25) is 0 Å². The van der Waals surface area contributed by atoms with E-state index in [4.69, 9.17) is 4.74 Å². The van der Waals surface area contributed by atoms with E-state index in [-0.39, 0.29) is 5.82 Å². The summed E-state index contributed by atoms with van der Waals surface area (Å²) in [7, 11) is 1.68. The van der Waals surface area contributed by atoms with Crippen molar-refractivity contribution in [3.05, 3.63) is 59.4 Å². The van der Waals surface area contributed by atoms with Crippen LogP contribution in [0.5, 0.6) is 5.75 Å². The monoisotopic (exact) mass is 283 g/mol. The Balaban J connectivity index is 1.74. The third kappa shape index (κ3) is 1.99. The number of ether oxygens (including phenoxy) is 1. The molecule has 2 nitrogen and oxygen atoms in total. The number of rotatable bonds is 2. The number of nitrogens with zero attached hydrogens (tertiary/aromatic N) is 1. The van der Waals surface area contributed by atoms with Gasteiger partial charge in [-0.1, -0.05) is 6.07 Å². The van der Waals surface area contributed by atoms with Gasteiger partial charge in [-0.15, -0.1) is 0 Å². The lowest BCUT2D eigenvalue weighted by atomic mass is 9.92. The third-order valence-corrected chi connectivity index (χ3v) is 4.80. The van der Waals surface area contributed by atoms with E-state index in [2.05, 4.69) is 17.0 Å². The minimum absolute atomic E-state index is 0.131. The molecule has 2 unspecified atom stereocenters. The lowest BCUT2D eigenvalue weighted by Crippen LogP contribution is -2.37. The van der Waals surface area contributed by atoms with Crippen molar-refractivity contribution in [2.75, 3.05) is 12.0 Å². The molecule has 3 heteroatoms. The molecule has 0 amide bonds. The van der Waals surface area contributed by atoms with Crippen LogP contribution in [0.25, 0.3) is 0 Å². The van der Waals surface area contributed by atoms with Crippen LogP contribution in [0.15, 0.2) is 42.5 Å². The smallest absolute Gasteiger partial charge is 0.123 e. The van der Waals surface area contributed by atoms with Crippen molar-refractivity contribution < 1.29 is 9.13 Å². The van der Waals surface area contributed by atoms with Crippen LogP contribution < -0.4 is 9.64 Å². The van der Waals surface area contributed by atoms with Gasteiger partial charge in [0.15, 0.2) is 0 Å². The summed E-state index contributed by atoms with van der Waals surface area (Å²) in [6.07, 6.45) is 3.29. The van der Waals surface area contributed by atoms with Gasteiger partial charge in [0.2, 0.25) is 0 Å². The molecule has 1 fully saturated rings. The Kier molecular flexibility index (Phi) is 2.88. The maximum absolute atomic E-state index is 13.6. The molecule has 0 aromatic heterocycles. The summed E-state index contributed by atoms with van der Waals surface area (Å²) in [5.74, 6) is 0.739. The summed E-state index contributed by atoms with van der Waals surface area (Å²) in [6, 6.07) is 14.3. The second-order valence-electron chi connectivity index (χ2n) is 5.90. The molecule has 2 aliphatic heterocycles. The van der Waals surface area contributed by atoms with Crippen molar-refractivity contribution in [1.82, 2.24) is 0 Å². The molecule has 0 saturated carbocycles. The second-order valence-corrected chi connectivity index (χ2v) is 5.90. The minimum Gasteiger partial charge on any atom is -0.497 e. The number of methoxy groups -OCH3 is 1. The number of benzene rings is 2. The van der Waals surface area contributed by atoms with E-state index in [9.17, 15) is 4.39 Å².